The lowest BCUT2D eigenvalue weighted by Crippen LogP contribution is -2.63. The van der Waals surface area contributed by atoms with Gasteiger partial charge in [-0.3, -0.25) is 19.8 Å². The number of fused-ring (bicyclic) bond motifs is 2. The molecule has 384 valence electrons. The number of halogens is 1. The number of nitro benzene ring substituents is 1. The van der Waals surface area contributed by atoms with Crippen LogP contribution in [0, 0.1) is 27.3 Å². The number of aromatic amines is 1. The number of sulfonamides is 1. The zero-order chi connectivity index (χ0) is 50.5. The maximum Gasteiger partial charge on any atom is 0.297 e. The first kappa shape index (κ1) is 49.6. The molecule has 0 bridgehead atoms. The highest BCUT2D eigenvalue weighted by molar-refractivity contribution is 7.90. The van der Waals surface area contributed by atoms with Gasteiger partial charge in [-0.1, -0.05) is 44.5 Å². The monoisotopic (exact) mass is 1010 g/mol. The van der Waals surface area contributed by atoms with Crippen LogP contribution in [0.3, 0.4) is 0 Å². The molecule has 2 saturated carbocycles. The molecule has 0 radical (unpaired) electrons. The fourth-order valence-electron chi connectivity index (χ4n) is 11.9. The first-order valence-corrected chi connectivity index (χ1v) is 26.7. The SMILES string of the molecule is COCCOc1nc2[nH]cc(F)c2cc1Oc1cc(N2CCC3(CC2)CN([C@@H]2CCC[C@@H]2c2ccccc2C(C)C)C3)ccc1C(=O)NS(=O)(=O)c1cc2c(c([N+](=O)[O-])c1)N[C@@H]([C@H]1CC[C@](C)(O)CC1)CO2. The maximum atomic E-state index is 15.0. The molecule has 3 atom stereocenters. The van der Waals surface area contributed by atoms with Crippen LogP contribution >= 0.6 is 0 Å². The Balaban J connectivity index is 0.898. The van der Waals surface area contributed by atoms with Crippen molar-refractivity contribution in [2.24, 2.45) is 11.3 Å². The third-order valence-electron chi connectivity index (χ3n) is 15.9. The highest BCUT2D eigenvalue weighted by atomic mass is 32.2. The van der Waals surface area contributed by atoms with E-state index in [-0.39, 0.29) is 82.6 Å². The Labute approximate surface area is 419 Å². The van der Waals surface area contributed by atoms with Gasteiger partial charge in [-0.25, -0.2) is 17.5 Å². The summed E-state index contributed by atoms with van der Waals surface area (Å²) in [6.07, 6.45) is 9.23. The highest BCUT2D eigenvalue weighted by Gasteiger charge is 2.49. The number of aromatic nitrogens is 2. The number of anilines is 2. The molecule has 1 amide bonds. The Morgan fingerprint density at radius 1 is 1.03 bits per heavy atom. The number of likely N-dealkylation sites (tertiary alicyclic amines) is 1. The average molecular weight is 1010 g/mol. The second-order valence-electron chi connectivity index (χ2n) is 21.1. The maximum absolute atomic E-state index is 15.0. The molecule has 72 heavy (non-hydrogen) atoms. The number of piperidine rings is 1. The third kappa shape index (κ3) is 9.92. The van der Waals surface area contributed by atoms with E-state index in [9.17, 15) is 28.4 Å². The molecular weight excluding hydrogens is 946 g/mol. The van der Waals surface area contributed by atoms with Crippen LogP contribution in [0.5, 0.6) is 23.1 Å². The molecule has 4 N–H and O–H groups in total. The van der Waals surface area contributed by atoms with Crippen LogP contribution in [-0.4, -0.2) is 110 Å². The van der Waals surface area contributed by atoms with E-state index in [2.05, 4.69) is 67.9 Å². The minimum absolute atomic E-state index is 0.0231. The number of hydrogen-bond acceptors (Lipinski definition) is 14. The number of benzene rings is 3. The Hall–Kier alpha value is -6.02. The summed E-state index contributed by atoms with van der Waals surface area (Å²) >= 11 is 0. The second-order valence-corrected chi connectivity index (χ2v) is 22.8. The van der Waals surface area contributed by atoms with Crippen LogP contribution in [0.1, 0.15) is 112 Å². The smallest absolute Gasteiger partial charge is 0.297 e. The molecule has 5 aromatic rings. The van der Waals surface area contributed by atoms with Crippen molar-refractivity contribution >= 4 is 44.0 Å². The van der Waals surface area contributed by atoms with Crippen molar-refractivity contribution in [1.82, 2.24) is 19.6 Å². The molecule has 2 aromatic heterocycles. The second kappa shape index (κ2) is 19.8. The first-order valence-electron chi connectivity index (χ1n) is 25.2. The average Bonchev–Trinajstić information content (AvgIpc) is 3.98. The number of carbonyl (C=O) groups is 1. The lowest BCUT2D eigenvalue weighted by atomic mass is 9.70. The van der Waals surface area contributed by atoms with E-state index in [4.69, 9.17) is 18.9 Å². The molecule has 19 heteroatoms. The predicted molar refractivity (Wildman–Crippen MR) is 270 cm³/mol. The molecule has 5 heterocycles. The number of H-pyrrole nitrogens is 1. The van der Waals surface area contributed by atoms with Crippen LogP contribution < -0.4 is 29.1 Å². The van der Waals surface area contributed by atoms with Gasteiger partial charge < -0.3 is 39.3 Å². The molecule has 4 fully saturated rings. The predicted octanol–water partition coefficient (Wildman–Crippen LogP) is 9.02. The molecule has 10 rings (SSSR count). The van der Waals surface area contributed by atoms with Crippen molar-refractivity contribution in [3.05, 3.63) is 99.5 Å². The summed E-state index contributed by atoms with van der Waals surface area (Å²) in [5, 5.41) is 26.3. The van der Waals surface area contributed by atoms with E-state index in [1.54, 1.807) is 19.1 Å². The van der Waals surface area contributed by atoms with Gasteiger partial charge in [0.1, 0.15) is 30.4 Å². The van der Waals surface area contributed by atoms with Gasteiger partial charge in [0.05, 0.1) is 39.0 Å². The summed E-state index contributed by atoms with van der Waals surface area (Å²) in [6, 6.07) is 17.5. The lowest BCUT2D eigenvalue weighted by molar-refractivity contribution is -0.384. The van der Waals surface area contributed by atoms with E-state index in [1.807, 2.05) is 0 Å². The van der Waals surface area contributed by atoms with Crippen molar-refractivity contribution in [2.45, 2.75) is 113 Å². The minimum Gasteiger partial charge on any atom is -0.489 e. The van der Waals surface area contributed by atoms with Gasteiger partial charge in [0, 0.05) is 75.5 Å². The number of nitrogens with zero attached hydrogens (tertiary/aromatic N) is 4. The molecule has 2 aliphatic carbocycles. The summed E-state index contributed by atoms with van der Waals surface area (Å²) in [7, 11) is -3.26. The lowest BCUT2D eigenvalue weighted by Gasteiger charge is -2.57. The van der Waals surface area contributed by atoms with Crippen molar-refractivity contribution in [2.75, 3.05) is 63.3 Å². The van der Waals surface area contributed by atoms with E-state index < -0.39 is 42.9 Å². The number of pyridine rings is 1. The number of nitro groups is 1. The standard InChI is InChI=1S/C53H64FN7O10S/c1-32(2)36-8-5-6-9-37(36)38-10-7-11-43(38)60-30-53(31-60)18-20-59(21-19-53)34-12-13-39(45(24-34)71-47-27-40-41(54)28-55-49(40)57-51(47)69-23-22-68-4)50(62)58-72(66,67)35-25-44(61(64)65)48-46(26-35)70-29-42(56-48)33-14-16-52(3,63)17-15-33/h5-6,8-9,12-13,24-28,32-33,38,42-43,56,63H,7,10-11,14-23,29-31H2,1-4H3,(H,55,57)(H,58,62)/t33-,38-,42-,43-,52-/m1/s1. The number of ether oxygens (including phenoxy) is 4. The quantitative estimate of drug-likeness (QED) is 0.0438. The fraction of sp³-hybridized carbons (Fsp3) is 0.509. The minimum atomic E-state index is -4.77. The number of rotatable bonds is 15. The van der Waals surface area contributed by atoms with Crippen LogP contribution in [0.2, 0.25) is 0 Å². The summed E-state index contributed by atoms with van der Waals surface area (Å²) < 4.78 is 68.9. The highest BCUT2D eigenvalue weighted by Crippen LogP contribution is 2.50. The Morgan fingerprint density at radius 3 is 2.53 bits per heavy atom. The van der Waals surface area contributed by atoms with Crippen LogP contribution in [-0.2, 0) is 14.8 Å². The van der Waals surface area contributed by atoms with Gasteiger partial charge >= 0.3 is 0 Å². The van der Waals surface area contributed by atoms with Crippen LogP contribution in [0.4, 0.5) is 21.5 Å². The van der Waals surface area contributed by atoms with Gasteiger partial charge in [0.25, 0.3) is 27.5 Å². The normalized spacial score (nSPS) is 24.1. The van der Waals surface area contributed by atoms with Gasteiger partial charge in [-0.2, -0.15) is 4.98 Å². The number of amides is 1. The zero-order valence-electron chi connectivity index (χ0n) is 41.2. The molecular formula is C53H64FN7O10S. The van der Waals surface area contributed by atoms with Gasteiger partial charge in [0.2, 0.25) is 0 Å². The van der Waals surface area contributed by atoms with E-state index >= 15 is 4.39 Å². The third-order valence-corrected chi connectivity index (χ3v) is 17.3. The molecule has 5 aliphatic rings. The number of hydrogen-bond donors (Lipinski definition) is 4. The Kier molecular flexibility index (Phi) is 13.6. The molecule has 0 unspecified atom stereocenters. The number of carbonyl (C=O) groups excluding carboxylic acids is 1. The first-order chi connectivity index (χ1) is 34.5. The van der Waals surface area contributed by atoms with Gasteiger partial charge in [-0.15, -0.1) is 0 Å². The summed E-state index contributed by atoms with van der Waals surface area (Å²) in [5.41, 5.74) is 2.61. The van der Waals surface area contributed by atoms with Crippen molar-refractivity contribution in [3.8, 4) is 23.1 Å². The molecule has 2 saturated heterocycles. The van der Waals surface area contributed by atoms with E-state index in [0.717, 1.165) is 63.0 Å². The summed E-state index contributed by atoms with van der Waals surface area (Å²) in [6.45, 7) is 10.3. The fourth-order valence-corrected chi connectivity index (χ4v) is 12.9. The van der Waals surface area contributed by atoms with Gasteiger partial charge in [-0.05, 0) is 105 Å². The summed E-state index contributed by atoms with van der Waals surface area (Å²) in [5.74, 6) is -0.763. The Bertz CT molecular complexity index is 2960. The topological polar surface area (TPSA) is 211 Å². The number of aliphatic hydroxyl groups is 1. The van der Waals surface area contributed by atoms with Crippen molar-refractivity contribution in [3.63, 3.8) is 0 Å². The van der Waals surface area contributed by atoms with E-state index in [1.165, 1.54) is 49.6 Å². The van der Waals surface area contributed by atoms with Gasteiger partial charge in [0.15, 0.2) is 17.2 Å². The summed E-state index contributed by atoms with van der Waals surface area (Å²) in [4.78, 5) is 37.7. The zero-order valence-corrected chi connectivity index (χ0v) is 42.1. The van der Waals surface area contributed by atoms with E-state index in [0.29, 0.717) is 43.6 Å². The van der Waals surface area contributed by atoms with Crippen molar-refractivity contribution in [1.29, 1.82) is 0 Å². The van der Waals surface area contributed by atoms with Crippen molar-refractivity contribution < 1.29 is 46.6 Å². The number of nitrogens with one attached hydrogen (secondary N) is 3. The molecule has 3 aliphatic heterocycles. The molecule has 3 aromatic carbocycles. The molecule has 1 spiro atoms. The Morgan fingerprint density at radius 2 is 1.79 bits per heavy atom. The van der Waals surface area contributed by atoms with Crippen LogP contribution in [0.15, 0.2) is 71.8 Å². The largest absolute Gasteiger partial charge is 0.489 e. The molecule has 17 nitrogen and oxygen atoms in total. The van der Waals surface area contributed by atoms with Crippen LogP contribution in [0.25, 0.3) is 11.0 Å². The number of methoxy groups -OCH3 is 1.